The van der Waals surface area contributed by atoms with Crippen LogP contribution in [0.5, 0.6) is 0 Å². The highest BCUT2D eigenvalue weighted by molar-refractivity contribution is 5.91. The molecule has 0 aromatic carbocycles. The number of esters is 1. The van der Waals surface area contributed by atoms with E-state index in [1.54, 1.807) is 4.90 Å². The van der Waals surface area contributed by atoms with Gasteiger partial charge in [-0.3, -0.25) is 14.4 Å². The summed E-state index contributed by atoms with van der Waals surface area (Å²) in [6.45, 7) is 7.91. The van der Waals surface area contributed by atoms with Crippen LogP contribution in [-0.2, 0) is 19.1 Å². The number of ether oxygens (including phenoxy) is 1. The number of amides is 2. The maximum absolute atomic E-state index is 12.5. The smallest absolute Gasteiger partial charge is 0.325 e. The van der Waals surface area contributed by atoms with Crippen LogP contribution in [-0.4, -0.2) is 59.9 Å². The van der Waals surface area contributed by atoms with Crippen molar-refractivity contribution >= 4 is 17.8 Å². The van der Waals surface area contributed by atoms with E-state index < -0.39 is 5.97 Å². The van der Waals surface area contributed by atoms with Crippen molar-refractivity contribution in [3.8, 4) is 0 Å². The minimum atomic E-state index is -0.447. The lowest BCUT2D eigenvalue weighted by Gasteiger charge is -2.28. The molecule has 0 N–H and O–H groups in total. The van der Waals surface area contributed by atoms with E-state index in [2.05, 4.69) is 4.74 Å². The molecular formula is C14H24N2O4. The van der Waals surface area contributed by atoms with Gasteiger partial charge in [0.05, 0.1) is 13.0 Å². The number of carbonyl (C=O) groups excluding carboxylic acids is 3. The normalized spacial score (nSPS) is 18.9. The van der Waals surface area contributed by atoms with Crippen molar-refractivity contribution in [2.45, 2.75) is 46.2 Å². The van der Waals surface area contributed by atoms with Crippen LogP contribution in [0.25, 0.3) is 0 Å². The minimum absolute atomic E-state index is 0.000115. The predicted molar refractivity (Wildman–Crippen MR) is 73.8 cm³/mol. The summed E-state index contributed by atoms with van der Waals surface area (Å²) in [5.74, 6) is -0.962. The molecule has 0 bridgehead atoms. The SMILES string of the molecule is COC(=O)CN(C(=O)C1CC(=O)N(C(C)C)C1)C(C)C. The first-order valence-corrected chi connectivity index (χ1v) is 6.94. The summed E-state index contributed by atoms with van der Waals surface area (Å²) in [6, 6.07) is -0.0155. The van der Waals surface area contributed by atoms with Crippen LogP contribution in [0.15, 0.2) is 0 Å². The molecule has 0 radical (unpaired) electrons. The van der Waals surface area contributed by atoms with Crippen LogP contribution in [0.3, 0.4) is 0 Å². The Bertz CT molecular complexity index is 393. The van der Waals surface area contributed by atoms with Crippen LogP contribution in [0.4, 0.5) is 0 Å². The lowest BCUT2D eigenvalue weighted by Crippen LogP contribution is -2.45. The van der Waals surface area contributed by atoms with Gasteiger partial charge in [0.15, 0.2) is 0 Å². The van der Waals surface area contributed by atoms with Gasteiger partial charge in [-0.05, 0) is 27.7 Å². The molecule has 114 valence electrons. The van der Waals surface area contributed by atoms with Crippen molar-refractivity contribution in [3.05, 3.63) is 0 Å². The number of nitrogens with zero attached hydrogens (tertiary/aromatic N) is 2. The number of carbonyl (C=O) groups is 3. The van der Waals surface area contributed by atoms with E-state index in [0.29, 0.717) is 6.54 Å². The fourth-order valence-electron chi connectivity index (χ4n) is 2.35. The lowest BCUT2D eigenvalue weighted by atomic mass is 10.1. The second-order valence-electron chi connectivity index (χ2n) is 5.68. The highest BCUT2D eigenvalue weighted by Gasteiger charge is 2.38. The third kappa shape index (κ3) is 3.71. The molecule has 1 saturated heterocycles. The Morgan fingerprint density at radius 2 is 1.95 bits per heavy atom. The fourth-order valence-corrected chi connectivity index (χ4v) is 2.35. The van der Waals surface area contributed by atoms with Gasteiger partial charge in [-0.1, -0.05) is 0 Å². The Labute approximate surface area is 120 Å². The third-order valence-electron chi connectivity index (χ3n) is 3.56. The van der Waals surface area contributed by atoms with Gasteiger partial charge in [-0.25, -0.2) is 0 Å². The zero-order valence-corrected chi connectivity index (χ0v) is 12.9. The van der Waals surface area contributed by atoms with Crippen LogP contribution < -0.4 is 0 Å². The second-order valence-corrected chi connectivity index (χ2v) is 5.68. The Kier molecular flexibility index (Phi) is 5.53. The van der Waals surface area contributed by atoms with Gasteiger partial charge in [-0.15, -0.1) is 0 Å². The maximum atomic E-state index is 12.5. The zero-order valence-electron chi connectivity index (χ0n) is 12.9. The largest absolute Gasteiger partial charge is 0.468 e. The first-order chi connectivity index (χ1) is 9.27. The summed E-state index contributed by atoms with van der Waals surface area (Å²) < 4.78 is 4.61. The van der Waals surface area contributed by atoms with Crippen molar-refractivity contribution in [1.29, 1.82) is 0 Å². The van der Waals surface area contributed by atoms with E-state index in [1.807, 2.05) is 27.7 Å². The molecule has 6 nitrogen and oxygen atoms in total. The van der Waals surface area contributed by atoms with Crippen LogP contribution >= 0.6 is 0 Å². The molecule has 6 heteroatoms. The van der Waals surface area contributed by atoms with E-state index in [0.717, 1.165) is 0 Å². The summed E-state index contributed by atoms with van der Waals surface area (Å²) in [5.41, 5.74) is 0. The number of rotatable bonds is 5. The molecule has 1 aliphatic heterocycles. The molecule has 1 aliphatic rings. The standard InChI is InChI=1S/C14H24N2O4/c1-9(2)15-7-11(6-12(15)17)14(19)16(10(3)4)8-13(18)20-5/h9-11H,6-8H2,1-5H3. The average Bonchev–Trinajstić information content (AvgIpc) is 2.76. The Balaban J connectivity index is 2.76. The number of hydrogen-bond donors (Lipinski definition) is 0. The maximum Gasteiger partial charge on any atom is 0.325 e. The molecule has 1 fully saturated rings. The topological polar surface area (TPSA) is 66.9 Å². The van der Waals surface area contributed by atoms with Crippen LogP contribution in [0, 0.1) is 5.92 Å². The molecule has 0 saturated carbocycles. The van der Waals surface area contributed by atoms with E-state index >= 15 is 0 Å². The first-order valence-electron chi connectivity index (χ1n) is 6.94. The van der Waals surface area contributed by atoms with E-state index in [9.17, 15) is 14.4 Å². The van der Waals surface area contributed by atoms with Crippen molar-refractivity contribution in [3.63, 3.8) is 0 Å². The molecule has 1 heterocycles. The van der Waals surface area contributed by atoms with Crippen LogP contribution in [0.1, 0.15) is 34.1 Å². The number of hydrogen-bond acceptors (Lipinski definition) is 4. The average molecular weight is 284 g/mol. The molecule has 1 rings (SSSR count). The van der Waals surface area contributed by atoms with Gasteiger partial charge in [0.2, 0.25) is 11.8 Å². The molecule has 0 spiro atoms. The summed E-state index contributed by atoms with van der Waals surface area (Å²) in [6.07, 6.45) is 0.224. The predicted octanol–water partition coefficient (Wildman–Crippen LogP) is 0.653. The van der Waals surface area contributed by atoms with Crippen LogP contribution in [0.2, 0.25) is 0 Å². The van der Waals surface area contributed by atoms with Crippen molar-refractivity contribution in [1.82, 2.24) is 9.80 Å². The van der Waals surface area contributed by atoms with Gasteiger partial charge in [-0.2, -0.15) is 0 Å². The highest BCUT2D eigenvalue weighted by Crippen LogP contribution is 2.23. The molecule has 0 aliphatic carbocycles. The van der Waals surface area contributed by atoms with Gasteiger partial charge >= 0.3 is 5.97 Å². The summed E-state index contributed by atoms with van der Waals surface area (Å²) in [7, 11) is 1.30. The number of likely N-dealkylation sites (tertiary alicyclic amines) is 1. The minimum Gasteiger partial charge on any atom is -0.468 e. The van der Waals surface area contributed by atoms with Crippen molar-refractivity contribution in [2.24, 2.45) is 5.92 Å². The molecule has 1 atom stereocenters. The molecule has 1 unspecified atom stereocenters. The van der Waals surface area contributed by atoms with Crippen molar-refractivity contribution < 1.29 is 19.1 Å². The lowest BCUT2D eigenvalue weighted by molar-refractivity contribution is -0.149. The molecule has 2 amide bonds. The van der Waals surface area contributed by atoms with Gasteiger partial charge in [0.1, 0.15) is 6.54 Å². The van der Waals surface area contributed by atoms with Crippen molar-refractivity contribution in [2.75, 3.05) is 20.2 Å². The van der Waals surface area contributed by atoms with E-state index in [1.165, 1.54) is 12.0 Å². The summed E-state index contributed by atoms with van der Waals surface area (Å²) in [4.78, 5) is 38.9. The zero-order chi connectivity index (χ0) is 15.4. The third-order valence-corrected chi connectivity index (χ3v) is 3.56. The molecule has 0 aromatic rings. The molecule has 0 aromatic heterocycles. The second kappa shape index (κ2) is 6.72. The Morgan fingerprint density at radius 3 is 2.35 bits per heavy atom. The summed E-state index contributed by atoms with van der Waals surface area (Å²) in [5, 5.41) is 0. The first kappa shape index (κ1) is 16.5. The quantitative estimate of drug-likeness (QED) is 0.695. The molecule has 20 heavy (non-hydrogen) atoms. The van der Waals surface area contributed by atoms with Gasteiger partial charge < -0.3 is 14.5 Å². The van der Waals surface area contributed by atoms with Gasteiger partial charge in [0.25, 0.3) is 0 Å². The van der Waals surface area contributed by atoms with E-state index in [-0.39, 0.29) is 42.8 Å². The number of methoxy groups -OCH3 is 1. The van der Waals surface area contributed by atoms with Gasteiger partial charge in [0, 0.05) is 25.0 Å². The Hall–Kier alpha value is -1.59. The van der Waals surface area contributed by atoms with E-state index in [4.69, 9.17) is 0 Å². The summed E-state index contributed by atoms with van der Waals surface area (Å²) >= 11 is 0. The Morgan fingerprint density at radius 1 is 1.35 bits per heavy atom. The fraction of sp³-hybridized carbons (Fsp3) is 0.786. The highest BCUT2D eigenvalue weighted by atomic mass is 16.5. The monoisotopic (exact) mass is 284 g/mol. The molecular weight excluding hydrogens is 260 g/mol.